The van der Waals surface area contributed by atoms with Gasteiger partial charge in [-0.25, -0.2) is 14.4 Å². The van der Waals surface area contributed by atoms with Gasteiger partial charge in [0.2, 0.25) is 0 Å². The molecule has 5 saturated carbocycles. The minimum Gasteiger partial charge on any atom is -0.479 e. The first-order valence-electron chi connectivity index (χ1n) is 37.2. The summed E-state index contributed by atoms with van der Waals surface area (Å²) >= 11 is 0. The van der Waals surface area contributed by atoms with E-state index in [0.717, 1.165) is 0 Å². The van der Waals surface area contributed by atoms with Crippen molar-refractivity contribution in [3.63, 3.8) is 0 Å². The number of carbonyl (C=O) groups is 3. The number of aliphatic carboxylic acids is 1. The van der Waals surface area contributed by atoms with Crippen LogP contribution in [0.2, 0.25) is 0 Å². The molecule has 0 amide bonds. The van der Waals surface area contributed by atoms with Crippen molar-refractivity contribution in [1.82, 2.24) is 0 Å². The molecule has 33 heteroatoms. The third-order valence-corrected chi connectivity index (χ3v) is 27.3. The summed E-state index contributed by atoms with van der Waals surface area (Å²) < 4.78 is 81.9. The summed E-state index contributed by atoms with van der Waals surface area (Å²) in [5.41, 5.74) is -5.79. The molecular formula is C74H110O33. The zero-order valence-corrected chi connectivity index (χ0v) is 61.6. The van der Waals surface area contributed by atoms with Crippen molar-refractivity contribution in [2.45, 2.75) is 310 Å². The van der Waals surface area contributed by atoms with Gasteiger partial charge in [-0.05, 0) is 112 Å². The first-order chi connectivity index (χ1) is 50.3. The molecule has 38 atom stereocenters. The number of carboxylic acids is 1. The van der Waals surface area contributed by atoms with Crippen molar-refractivity contribution in [3.8, 4) is 0 Å². The Hall–Kier alpha value is -3.97. The Kier molecular flexibility index (Phi) is 23.7. The molecule has 604 valence electrons. The molecule has 11 fully saturated rings. The SMILES string of the molecule is C/C=C(/C)C(=O)O[C@H]1[C@H](OC(=O)/C=C/c2ccccc2)[C@@]23[C@H](O)C[C@]4(C)[C@@](CC[C@@H]5[C@@]6(C)CC[C@H](O[C@@H]7O[C@H](C(=O)O)[C@@H](O)[C@H](O[C@@H]8O[C@H](CO)[C@H](O)[C@H](O)[C@H]8O[C@@H]8O[C@@H](C)[C@H](O)[C@@H](O)[C@H]8O[C@@H]8O[C@H](CO)[C@@H](O)[C@H](O)[C@H]8O)[C@H]7O[C@@H]7O[C@H](CO)[C@H](O)[C@H](O)[C@H]7O)C(C)(C)[C@@H]6CC[C@]54C)(O[C@@H]2O)[C@H]3CC1(C)C. The summed E-state index contributed by atoms with van der Waals surface area (Å²) in [6.07, 6.45) is -49.1. The fourth-order valence-corrected chi connectivity index (χ4v) is 21.2. The number of aliphatic hydroxyl groups is 16. The Morgan fingerprint density at radius 2 is 1.06 bits per heavy atom. The number of benzene rings is 1. The Morgan fingerprint density at radius 1 is 0.533 bits per heavy atom. The van der Waals surface area contributed by atoms with Crippen molar-refractivity contribution in [2.75, 3.05) is 19.8 Å². The van der Waals surface area contributed by atoms with Crippen LogP contribution in [0.1, 0.15) is 126 Å². The van der Waals surface area contributed by atoms with Crippen molar-refractivity contribution in [1.29, 1.82) is 0 Å². The van der Waals surface area contributed by atoms with Crippen LogP contribution in [-0.4, -0.2) is 314 Å². The molecule has 12 rings (SSSR count). The number of esters is 2. The van der Waals surface area contributed by atoms with Gasteiger partial charge in [0.1, 0.15) is 116 Å². The predicted molar refractivity (Wildman–Crippen MR) is 361 cm³/mol. The van der Waals surface area contributed by atoms with Gasteiger partial charge in [-0.2, -0.15) is 0 Å². The van der Waals surface area contributed by atoms with Crippen LogP contribution in [0.3, 0.4) is 0 Å². The van der Waals surface area contributed by atoms with Crippen LogP contribution < -0.4 is 0 Å². The molecule has 5 aliphatic carbocycles. The first kappa shape index (κ1) is 82.5. The molecule has 11 aliphatic rings. The average Bonchev–Trinajstić information content (AvgIpc) is 1.53. The summed E-state index contributed by atoms with van der Waals surface area (Å²) in [7, 11) is 0. The second-order valence-electron chi connectivity index (χ2n) is 33.6. The van der Waals surface area contributed by atoms with Crippen LogP contribution in [0.15, 0.2) is 48.1 Å². The first-order valence-corrected chi connectivity index (χ1v) is 37.2. The van der Waals surface area contributed by atoms with Crippen molar-refractivity contribution < 1.29 is 163 Å². The monoisotopic (exact) mass is 1530 g/mol. The normalized spacial score (nSPS) is 50.9. The minimum absolute atomic E-state index is 0.0846. The number of carboxylic acid groups (broad SMARTS) is 1. The molecular weight excluding hydrogens is 1420 g/mol. The highest BCUT2D eigenvalue weighted by molar-refractivity contribution is 5.88. The summed E-state index contributed by atoms with van der Waals surface area (Å²) in [6.45, 7) is 16.1. The predicted octanol–water partition coefficient (Wildman–Crippen LogP) is -2.37. The lowest BCUT2D eigenvalue weighted by Crippen LogP contribution is -2.77. The van der Waals surface area contributed by atoms with E-state index >= 15 is 0 Å². The van der Waals surface area contributed by atoms with E-state index in [1.54, 1.807) is 26.0 Å². The molecule has 2 bridgehead atoms. The van der Waals surface area contributed by atoms with E-state index in [1.165, 1.54) is 13.0 Å². The van der Waals surface area contributed by atoms with Gasteiger partial charge in [0.05, 0.1) is 49.1 Å². The van der Waals surface area contributed by atoms with E-state index < -0.39 is 266 Å². The number of aliphatic hydroxyl groups excluding tert-OH is 16. The number of hydrogen-bond donors (Lipinski definition) is 17. The van der Waals surface area contributed by atoms with E-state index in [0.29, 0.717) is 43.2 Å². The standard InChI is InChI=1S/C74H110O33/c1-11-30(2)61(93)106-58-59(100-41(79)18-17-32-15-13-12-14-16-32)74-38(25-68(58,4)5)73(107-67(74)94)24-20-37-70(8)22-21-40(69(6,7)36(70)19-23-71(37,9)72(73,10)26-39(74)78)99-66-57(105-63-51(89)47(85)44(82)34(28-76)97-63)53(52(90)54(102-66)60(91)92)101-65-56(49(87)45(83)35(29-77)98-65)104-64-55(48(86)42(80)31(3)95-64)103-62-50(88)46(84)43(81)33(27-75)96-62/h11-18,31,33-40,42-59,62-67,75-78,80-90,94H,19-29H2,1-10H3,(H,91,92)/b18-17+,30-11-/t31-,33+,34+,35+,36-,37+,38+,39+,40-,42-,43+,44-,45-,46-,47-,48+,49-,50+,51+,52-,53-,54-,55+,56+,57+,58-,59-,62-,63-,64-,65-,66+,67-,70-,71+,72-,73-,74+/m0/s1. The van der Waals surface area contributed by atoms with E-state index in [-0.39, 0.29) is 31.1 Å². The third-order valence-electron chi connectivity index (χ3n) is 27.3. The van der Waals surface area contributed by atoms with Crippen LogP contribution in [-0.2, 0) is 76.0 Å². The highest BCUT2D eigenvalue weighted by atomic mass is 16.8. The van der Waals surface area contributed by atoms with Gasteiger partial charge >= 0.3 is 17.9 Å². The summed E-state index contributed by atoms with van der Waals surface area (Å²) in [6, 6.07) is 9.09. The number of carbonyl (C=O) groups excluding carboxylic acids is 2. The highest BCUT2D eigenvalue weighted by Gasteiger charge is 2.86. The third kappa shape index (κ3) is 13.6. The van der Waals surface area contributed by atoms with Gasteiger partial charge in [-0.15, -0.1) is 0 Å². The average molecular weight is 1530 g/mol. The largest absolute Gasteiger partial charge is 0.479 e. The smallest absolute Gasteiger partial charge is 0.335 e. The summed E-state index contributed by atoms with van der Waals surface area (Å²) in [4.78, 5) is 41.7. The Labute approximate surface area is 618 Å². The fraction of sp³-hybridized carbons (Fsp3) is 0.824. The zero-order chi connectivity index (χ0) is 78.1. The number of ether oxygens (including phenoxy) is 13. The summed E-state index contributed by atoms with van der Waals surface area (Å²) in [5.74, 6) is -4.25. The Bertz CT molecular complexity index is 3360. The van der Waals surface area contributed by atoms with E-state index in [4.69, 9.17) is 61.6 Å². The molecule has 1 aromatic rings. The van der Waals surface area contributed by atoms with Gasteiger partial charge in [0, 0.05) is 28.4 Å². The van der Waals surface area contributed by atoms with Gasteiger partial charge in [-0.1, -0.05) is 84.9 Å². The quantitative estimate of drug-likeness (QED) is 0.0391. The van der Waals surface area contributed by atoms with Crippen LogP contribution in [0.4, 0.5) is 0 Å². The number of rotatable bonds is 19. The maximum atomic E-state index is 14.3. The minimum atomic E-state index is -2.40. The number of fused-ring (bicyclic) bond motifs is 4. The fourth-order valence-electron chi connectivity index (χ4n) is 21.2. The zero-order valence-electron chi connectivity index (χ0n) is 61.6. The molecule has 1 spiro atoms. The molecule has 6 heterocycles. The van der Waals surface area contributed by atoms with Crippen molar-refractivity contribution >= 4 is 24.0 Å². The molecule has 33 nitrogen and oxygen atoms in total. The number of hydrogen-bond acceptors (Lipinski definition) is 32. The van der Waals surface area contributed by atoms with Crippen LogP contribution in [0, 0.1) is 50.2 Å². The topological polar surface area (TPSA) is 515 Å². The van der Waals surface area contributed by atoms with Gasteiger partial charge in [0.15, 0.2) is 49.9 Å². The molecule has 17 N–H and O–H groups in total. The van der Waals surface area contributed by atoms with E-state index in [2.05, 4.69) is 20.8 Å². The molecule has 6 aliphatic heterocycles. The van der Waals surface area contributed by atoms with Gasteiger partial charge in [0.25, 0.3) is 0 Å². The Morgan fingerprint density at radius 3 is 1.64 bits per heavy atom. The molecule has 0 aromatic heterocycles. The summed E-state index contributed by atoms with van der Waals surface area (Å²) in [5, 5.41) is 192. The highest BCUT2D eigenvalue weighted by Crippen LogP contribution is 2.82. The molecule has 0 unspecified atom stereocenters. The molecule has 6 saturated heterocycles. The van der Waals surface area contributed by atoms with E-state index in [9.17, 15) is 101 Å². The maximum Gasteiger partial charge on any atom is 0.335 e. The van der Waals surface area contributed by atoms with Gasteiger partial charge in [-0.3, -0.25) is 0 Å². The van der Waals surface area contributed by atoms with E-state index in [1.807, 2.05) is 58.0 Å². The molecule has 107 heavy (non-hydrogen) atoms. The molecule has 0 radical (unpaired) electrons. The maximum absolute atomic E-state index is 14.3. The van der Waals surface area contributed by atoms with Crippen molar-refractivity contribution in [3.05, 3.63) is 53.6 Å². The lowest BCUT2D eigenvalue weighted by Gasteiger charge is -2.75. The second-order valence-corrected chi connectivity index (χ2v) is 33.6. The van der Waals surface area contributed by atoms with Crippen molar-refractivity contribution in [2.24, 2.45) is 50.2 Å². The van der Waals surface area contributed by atoms with Crippen LogP contribution in [0.5, 0.6) is 0 Å². The second kappa shape index (κ2) is 30.8. The molecule has 1 aromatic carbocycles. The van der Waals surface area contributed by atoms with Crippen LogP contribution >= 0.6 is 0 Å². The van der Waals surface area contributed by atoms with Crippen LogP contribution in [0.25, 0.3) is 6.08 Å². The number of allylic oxidation sites excluding steroid dienone is 1. The lowest BCUT2D eigenvalue weighted by atomic mass is 9.30. The lowest BCUT2D eigenvalue weighted by molar-refractivity contribution is -0.412. The Balaban J connectivity index is 0.856. The van der Waals surface area contributed by atoms with Gasteiger partial charge < -0.3 is 148 Å².